The van der Waals surface area contributed by atoms with Crippen LogP contribution in [0.1, 0.15) is 39.2 Å². The highest BCUT2D eigenvalue weighted by molar-refractivity contribution is 5.85. The second-order valence-electron chi connectivity index (χ2n) is 8.58. The first-order valence-electron chi connectivity index (χ1n) is 10.9. The van der Waals surface area contributed by atoms with Crippen molar-refractivity contribution >= 4 is 11.9 Å². The lowest BCUT2D eigenvalue weighted by Crippen LogP contribution is -2.31. The lowest BCUT2D eigenvalue weighted by Gasteiger charge is -2.12. The summed E-state index contributed by atoms with van der Waals surface area (Å²) < 4.78 is 2.88. The molecule has 0 aliphatic heterocycles. The van der Waals surface area contributed by atoms with E-state index < -0.39 is 17.1 Å². The molecule has 0 radical (unpaired) electrons. The van der Waals surface area contributed by atoms with Crippen LogP contribution in [0.15, 0.2) is 51.0 Å². The Hall–Kier alpha value is -4.20. The quantitative estimate of drug-likeness (QED) is 0.452. The Morgan fingerprint density at radius 3 is 2.35 bits per heavy atom. The van der Waals surface area contributed by atoms with Crippen molar-refractivity contribution in [3.63, 3.8) is 0 Å². The summed E-state index contributed by atoms with van der Waals surface area (Å²) in [6.07, 6.45) is 1.27. The molecule has 2 aromatic carbocycles. The monoisotopic (exact) mass is 457 g/mol. The van der Waals surface area contributed by atoms with Gasteiger partial charge in [-0.2, -0.15) is 5.10 Å². The fourth-order valence-electron chi connectivity index (χ4n) is 3.99. The number of benzene rings is 2. The van der Waals surface area contributed by atoms with Crippen LogP contribution in [0.5, 0.6) is 5.88 Å². The smallest absolute Gasteiger partial charge is 0.335 e. The van der Waals surface area contributed by atoms with Crippen molar-refractivity contribution in [2.24, 2.45) is 4.99 Å². The van der Waals surface area contributed by atoms with E-state index in [1.807, 2.05) is 58.9 Å². The molecular formula is C26H27N5O3. The van der Waals surface area contributed by atoms with Gasteiger partial charge >= 0.3 is 5.69 Å². The summed E-state index contributed by atoms with van der Waals surface area (Å²) >= 11 is 0. The number of aromatic nitrogens is 4. The van der Waals surface area contributed by atoms with Crippen molar-refractivity contribution in [2.45, 2.75) is 41.5 Å². The van der Waals surface area contributed by atoms with Crippen LogP contribution in [-0.2, 0) is 0 Å². The number of aryl methyl sites for hydroxylation is 5. The maximum absolute atomic E-state index is 12.5. The summed E-state index contributed by atoms with van der Waals surface area (Å²) in [6.45, 7) is 11.6. The van der Waals surface area contributed by atoms with Crippen LogP contribution in [0.2, 0.25) is 0 Å². The van der Waals surface area contributed by atoms with Crippen molar-refractivity contribution in [1.82, 2.24) is 19.3 Å². The van der Waals surface area contributed by atoms with Crippen LogP contribution in [0.3, 0.4) is 0 Å². The van der Waals surface area contributed by atoms with E-state index in [0.29, 0.717) is 17.1 Å². The van der Waals surface area contributed by atoms with Gasteiger partial charge in [0.25, 0.3) is 5.56 Å². The highest BCUT2D eigenvalue weighted by atomic mass is 16.3. The molecule has 0 amide bonds. The molecule has 2 N–H and O–H groups in total. The molecule has 34 heavy (non-hydrogen) atoms. The van der Waals surface area contributed by atoms with Crippen LogP contribution in [-0.4, -0.2) is 30.7 Å². The van der Waals surface area contributed by atoms with E-state index in [2.05, 4.69) is 28.1 Å². The van der Waals surface area contributed by atoms with Gasteiger partial charge in [-0.1, -0.05) is 23.8 Å². The SMILES string of the molecule is Cc1ccc(-n2c(O)c(C=Nc3c(C)nn(-c4ccc(C)c(C)c4)c3C)c(=O)[nH]c2=O)c(C)c1. The third kappa shape index (κ3) is 3.98. The Kier molecular flexibility index (Phi) is 5.83. The van der Waals surface area contributed by atoms with E-state index >= 15 is 0 Å². The zero-order chi connectivity index (χ0) is 24.7. The molecule has 8 heteroatoms. The average molecular weight is 458 g/mol. The van der Waals surface area contributed by atoms with Crippen LogP contribution in [0.25, 0.3) is 11.4 Å². The molecule has 0 atom stereocenters. The number of aromatic amines is 1. The van der Waals surface area contributed by atoms with Crippen molar-refractivity contribution < 1.29 is 5.11 Å². The zero-order valence-electron chi connectivity index (χ0n) is 20.1. The van der Waals surface area contributed by atoms with Crippen LogP contribution >= 0.6 is 0 Å². The van der Waals surface area contributed by atoms with Crippen LogP contribution < -0.4 is 11.2 Å². The van der Waals surface area contributed by atoms with Crippen LogP contribution in [0, 0.1) is 41.5 Å². The van der Waals surface area contributed by atoms with E-state index in [-0.39, 0.29) is 5.56 Å². The first kappa shape index (κ1) is 23.0. The van der Waals surface area contributed by atoms with Crippen molar-refractivity contribution in [2.75, 3.05) is 0 Å². The maximum atomic E-state index is 12.5. The first-order valence-corrected chi connectivity index (χ1v) is 10.9. The zero-order valence-corrected chi connectivity index (χ0v) is 20.1. The molecule has 0 aliphatic rings. The highest BCUT2D eigenvalue weighted by Crippen LogP contribution is 2.27. The van der Waals surface area contributed by atoms with E-state index in [4.69, 9.17) is 0 Å². The molecule has 2 aromatic heterocycles. The van der Waals surface area contributed by atoms with Gasteiger partial charge in [0.1, 0.15) is 11.3 Å². The summed E-state index contributed by atoms with van der Waals surface area (Å²) in [5.74, 6) is -0.471. The largest absolute Gasteiger partial charge is 0.493 e. The van der Waals surface area contributed by atoms with Gasteiger partial charge in [-0.25, -0.2) is 14.0 Å². The minimum atomic E-state index is -0.721. The van der Waals surface area contributed by atoms with Gasteiger partial charge < -0.3 is 5.11 Å². The summed E-state index contributed by atoms with van der Waals surface area (Å²) in [7, 11) is 0. The molecule has 0 aliphatic carbocycles. The molecule has 0 spiro atoms. The lowest BCUT2D eigenvalue weighted by molar-refractivity contribution is 0.430. The topological polar surface area (TPSA) is 105 Å². The predicted molar refractivity (Wildman–Crippen MR) is 134 cm³/mol. The molecule has 2 heterocycles. The lowest BCUT2D eigenvalue weighted by atomic mass is 10.1. The fraction of sp³-hybridized carbons (Fsp3) is 0.231. The second-order valence-corrected chi connectivity index (χ2v) is 8.58. The normalized spacial score (nSPS) is 11.5. The van der Waals surface area contributed by atoms with Gasteiger partial charge in [-0.3, -0.25) is 14.8 Å². The van der Waals surface area contributed by atoms with Crippen molar-refractivity contribution in [3.05, 3.63) is 96.4 Å². The Morgan fingerprint density at radius 2 is 1.68 bits per heavy atom. The predicted octanol–water partition coefficient (Wildman–Crippen LogP) is 4.02. The summed E-state index contributed by atoms with van der Waals surface area (Å²) in [4.78, 5) is 31.8. The summed E-state index contributed by atoms with van der Waals surface area (Å²) in [5, 5.41) is 15.5. The maximum Gasteiger partial charge on any atom is 0.335 e. The third-order valence-electron chi connectivity index (χ3n) is 6.03. The Labute approximate surface area is 196 Å². The molecule has 0 saturated carbocycles. The molecule has 0 unspecified atom stereocenters. The minimum absolute atomic E-state index is 0.114. The van der Waals surface area contributed by atoms with E-state index in [9.17, 15) is 14.7 Å². The van der Waals surface area contributed by atoms with Gasteiger partial charge in [-0.15, -0.1) is 0 Å². The van der Waals surface area contributed by atoms with E-state index in [1.54, 1.807) is 10.7 Å². The van der Waals surface area contributed by atoms with Crippen molar-refractivity contribution in [3.8, 4) is 17.3 Å². The van der Waals surface area contributed by atoms with Crippen molar-refractivity contribution in [1.29, 1.82) is 0 Å². The molecular weight excluding hydrogens is 430 g/mol. The number of nitrogens with zero attached hydrogens (tertiary/aromatic N) is 4. The molecule has 4 aromatic rings. The first-order chi connectivity index (χ1) is 16.1. The number of H-pyrrole nitrogens is 1. The second kappa shape index (κ2) is 8.62. The van der Waals surface area contributed by atoms with Gasteiger partial charge in [0.2, 0.25) is 5.88 Å². The Morgan fingerprint density at radius 1 is 0.941 bits per heavy atom. The summed E-state index contributed by atoms with van der Waals surface area (Å²) in [6, 6.07) is 11.5. The minimum Gasteiger partial charge on any atom is -0.493 e. The number of aromatic hydroxyl groups is 1. The van der Waals surface area contributed by atoms with E-state index in [0.717, 1.165) is 32.6 Å². The number of hydrogen-bond donors (Lipinski definition) is 2. The van der Waals surface area contributed by atoms with Gasteiger partial charge in [0.15, 0.2) is 0 Å². The van der Waals surface area contributed by atoms with Gasteiger partial charge in [-0.05, 0) is 76.4 Å². The Balaban J connectivity index is 1.81. The van der Waals surface area contributed by atoms with Crippen LogP contribution in [0.4, 0.5) is 5.69 Å². The Bertz CT molecular complexity index is 1570. The third-order valence-corrected chi connectivity index (χ3v) is 6.03. The highest BCUT2D eigenvalue weighted by Gasteiger charge is 2.17. The molecule has 0 bridgehead atoms. The van der Waals surface area contributed by atoms with E-state index in [1.165, 1.54) is 11.8 Å². The summed E-state index contributed by atoms with van der Waals surface area (Å²) in [5.41, 5.74) is 6.03. The van der Waals surface area contributed by atoms with Gasteiger partial charge in [0.05, 0.1) is 22.8 Å². The molecule has 8 nitrogen and oxygen atoms in total. The number of aliphatic imine (C=N–C) groups is 1. The standard InChI is InChI=1S/C26H27N5O3/c1-14-7-10-22(17(4)11-14)30-25(33)21(24(32)28-26(30)34)13-27-23-18(5)29-31(19(23)6)20-9-8-15(2)16(3)12-20/h7-13,33H,1-6H3,(H,28,32,34). The molecule has 4 rings (SSSR count). The molecule has 174 valence electrons. The molecule has 0 saturated heterocycles. The van der Waals surface area contributed by atoms with Gasteiger partial charge in [0, 0.05) is 6.21 Å². The fourth-order valence-corrected chi connectivity index (χ4v) is 3.99. The average Bonchev–Trinajstić information content (AvgIpc) is 3.05. The number of hydrogen-bond acceptors (Lipinski definition) is 5. The number of nitrogens with one attached hydrogen (secondary N) is 1. The molecule has 0 fully saturated rings. The number of rotatable bonds is 4.